The van der Waals surface area contributed by atoms with Gasteiger partial charge in [0.2, 0.25) is 5.91 Å². The molecule has 0 saturated heterocycles. The third kappa shape index (κ3) is 4.60. The zero-order valence-corrected chi connectivity index (χ0v) is 19.0. The van der Waals surface area contributed by atoms with Crippen LogP contribution < -0.4 is 5.32 Å². The van der Waals surface area contributed by atoms with E-state index in [1.54, 1.807) is 0 Å². The molecule has 164 valence electrons. The Hall–Kier alpha value is -3.22. The molecule has 2 aromatic heterocycles. The summed E-state index contributed by atoms with van der Waals surface area (Å²) in [5.41, 5.74) is 6.66. The van der Waals surface area contributed by atoms with Gasteiger partial charge in [-0.1, -0.05) is 44.2 Å². The maximum absolute atomic E-state index is 12.5. The molecule has 0 radical (unpaired) electrons. The Kier molecular flexibility index (Phi) is 6.73. The maximum Gasteiger partial charge on any atom is 0.328 e. The van der Waals surface area contributed by atoms with Crippen LogP contribution in [0.5, 0.6) is 0 Å². The number of carbonyl (C=O) groups is 2. The molecule has 0 unspecified atom stereocenters. The number of nitrogens with zero attached hydrogens (tertiary/aromatic N) is 3. The van der Waals surface area contributed by atoms with E-state index in [1.807, 2.05) is 57.3 Å². The van der Waals surface area contributed by atoms with Crippen LogP contribution in [0.15, 0.2) is 30.3 Å². The first-order valence-corrected chi connectivity index (χ1v) is 10.5. The van der Waals surface area contributed by atoms with E-state index < -0.39 is 12.0 Å². The van der Waals surface area contributed by atoms with Gasteiger partial charge in [0.1, 0.15) is 6.04 Å². The number of methoxy groups -OCH3 is 1. The van der Waals surface area contributed by atoms with Crippen LogP contribution in [0.3, 0.4) is 0 Å². The Labute approximate surface area is 182 Å². The SMILES string of the molecule is COC(=O)[C@@H](NC(=O)CCc1c(C)nc2c(-c3ccccc3)c(C)nn2c1C)C(C)C. The van der Waals surface area contributed by atoms with Gasteiger partial charge in [-0.25, -0.2) is 14.3 Å². The molecule has 0 aliphatic rings. The lowest BCUT2D eigenvalue weighted by atomic mass is 10.0. The van der Waals surface area contributed by atoms with E-state index in [-0.39, 0.29) is 18.2 Å². The number of aromatic nitrogens is 3. The second-order valence-corrected chi connectivity index (χ2v) is 8.14. The first kappa shape index (κ1) is 22.5. The first-order chi connectivity index (χ1) is 14.7. The second kappa shape index (κ2) is 9.29. The van der Waals surface area contributed by atoms with Gasteiger partial charge in [-0.3, -0.25) is 4.79 Å². The molecule has 0 bridgehead atoms. The summed E-state index contributed by atoms with van der Waals surface area (Å²) in [4.78, 5) is 29.3. The van der Waals surface area contributed by atoms with Gasteiger partial charge in [0.05, 0.1) is 12.8 Å². The van der Waals surface area contributed by atoms with Crippen molar-refractivity contribution in [2.45, 2.75) is 53.5 Å². The second-order valence-electron chi connectivity index (χ2n) is 8.14. The molecular weight excluding hydrogens is 392 g/mol. The summed E-state index contributed by atoms with van der Waals surface area (Å²) in [5, 5.41) is 7.51. The van der Waals surface area contributed by atoms with Gasteiger partial charge in [-0.2, -0.15) is 5.10 Å². The highest BCUT2D eigenvalue weighted by Gasteiger charge is 2.25. The molecule has 1 aromatic carbocycles. The summed E-state index contributed by atoms with van der Waals surface area (Å²) in [6, 6.07) is 9.46. The summed E-state index contributed by atoms with van der Waals surface area (Å²) in [7, 11) is 1.33. The summed E-state index contributed by atoms with van der Waals surface area (Å²) < 4.78 is 6.66. The zero-order valence-electron chi connectivity index (χ0n) is 19.0. The molecule has 7 heteroatoms. The number of nitrogens with one attached hydrogen (secondary N) is 1. The van der Waals surface area contributed by atoms with Gasteiger partial charge in [-0.05, 0) is 44.2 Å². The van der Waals surface area contributed by atoms with Crippen molar-refractivity contribution in [2.75, 3.05) is 7.11 Å². The van der Waals surface area contributed by atoms with Crippen molar-refractivity contribution in [1.29, 1.82) is 0 Å². The van der Waals surface area contributed by atoms with Crippen LogP contribution in [-0.4, -0.2) is 39.6 Å². The lowest BCUT2D eigenvalue weighted by Crippen LogP contribution is -2.45. The van der Waals surface area contributed by atoms with Gasteiger partial charge in [-0.15, -0.1) is 0 Å². The van der Waals surface area contributed by atoms with E-state index in [9.17, 15) is 9.59 Å². The fraction of sp³-hybridized carbons (Fsp3) is 0.417. The van der Waals surface area contributed by atoms with Gasteiger partial charge in [0.25, 0.3) is 0 Å². The fourth-order valence-corrected chi connectivity index (χ4v) is 3.88. The van der Waals surface area contributed by atoms with Crippen molar-refractivity contribution in [3.05, 3.63) is 53.0 Å². The van der Waals surface area contributed by atoms with Crippen molar-refractivity contribution >= 4 is 17.5 Å². The number of rotatable bonds is 7. The Morgan fingerprint density at radius 2 is 1.77 bits per heavy atom. The molecule has 3 aromatic rings. The molecule has 3 rings (SSSR count). The minimum absolute atomic E-state index is 0.0543. The lowest BCUT2D eigenvalue weighted by Gasteiger charge is -2.20. The molecule has 0 fully saturated rings. The van der Waals surface area contributed by atoms with E-state index in [1.165, 1.54) is 7.11 Å². The fourth-order valence-electron chi connectivity index (χ4n) is 3.88. The molecule has 0 aliphatic carbocycles. The molecule has 1 atom stereocenters. The molecule has 2 heterocycles. The molecule has 1 amide bonds. The van der Waals surface area contributed by atoms with Crippen molar-refractivity contribution < 1.29 is 14.3 Å². The number of amides is 1. The van der Waals surface area contributed by atoms with Crippen molar-refractivity contribution in [2.24, 2.45) is 5.92 Å². The Morgan fingerprint density at radius 3 is 2.39 bits per heavy atom. The van der Waals surface area contributed by atoms with Crippen LogP contribution in [0.25, 0.3) is 16.8 Å². The molecule has 31 heavy (non-hydrogen) atoms. The predicted octanol–water partition coefficient (Wildman–Crippen LogP) is 3.57. The summed E-state index contributed by atoms with van der Waals surface area (Å²) in [6.45, 7) is 9.69. The van der Waals surface area contributed by atoms with Crippen LogP contribution in [-0.2, 0) is 20.7 Å². The smallest absolute Gasteiger partial charge is 0.328 e. The lowest BCUT2D eigenvalue weighted by molar-refractivity contribution is -0.146. The van der Waals surface area contributed by atoms with Gasteiger partial charge < -0.3 is 10.1 Å². The quantitative estimate of drug-likeness (QED) is 0.589. The number of aryl methyl sites for hydroxylation is 3. The van der Waals surface area contributed by atoms with E-state index in [0.717, 1.165) is 39.4 Å². The first-order valence-electron chi connectivity index (χ1n) is 10.5. The zero-order chi connectivity index (χ0) is 22.7. The van der Waals surface area contributed by atoms with Crippen LogP contribution in [0.4, 0.5) is 0 Å². The van der Waals surface area contributed by atoms with Crippen molar-refractivity contribution in [3.63, 3.8) is 0 Å². The molecule has 0 aliphatic heterocycles. The van der Waals surface area contributed by atoms with E-state index in [0.29, 0.717) is 6.42 Å². The van der Waals surface area contributed by atoms with Crippen LogP contribution in [0.2, 0.25) is 0 Å². The number of fused-ring (bicyclic) bond motifs is 1. The minimum atomic E-state index is -0.650. The average Bonchev–Trinajstić information content (AvgIpc) is 3.07. The summed E-state index contributed by atoms with van der Waals surface area (Å²) in [6.07, 6.45) is 0.763. The number of esters is 1. The largest absolute Gasteiger partial charge is 0.467 e. The number of benzene rings is 1. The van der Waals surface area contributed by atoms with Crippen LogP contribution >= 0.6 is 0 Å². The van der Waals surface area contributed by atoms with Crippen LogP contribution in [0, 0.1) is 26.7 Å². The predicted molar refractivity (Wildman–Crippen MR) is 120 cm³/mol. The Balaban J connectivity index is 1.85. The highest BCUT2D eigenvalue weighted by molar-refractivity contribution is 5.85. The maximum atomic E-state index is 12.5. The summed E-state index contributed by atoms with van der Waals surface area (Å²) in [5.74, 6) is -0.676. The number of carbonyl (C=O) groups excluding carboxylic acids is 2. The Morgan fingerprint density at radius 1 is 1.10 bits per heavy atom. The summed E-state index contributed by atoms with van der Waals surface area (Å²) >= 11 is 0. The average molecular weight is 423 g/mol. The van der Waals surface area contributed by atoms with Crippen LogP contribution in [0.1, 0.15) is 42.9 Å². The molecular formula is C24H30N4O3. The molecule has 0 saturated carbocycles. The topological polar surface area (TPSA) is 85.6 Å². The van der Waals surface area contributed by atoms with Gasteiger partial charge in [0, 0.05) is 23.4 Å². The highest BCUT2D eigenvalue weighted by atomic mass is 16.5. The molecule has 7 nitrogen and oxygen atoms in total. The van der Waals surface area contributed by atoms with Gasteiger partial charge in [0.15, 0.2) is 5.65 Å². The number of ether oxygens (including phenoxy) is 1. The van der Waals surface area contributed by atoms with Crippen molar-refractivity contribution in [3.8, 4) is 11.1 Å². The molecule has 0 spiro atoms. The highest BCUT2D eigenvalue weighted by Crippen LogP contribution is 2.29. The molecule has 1 N–H and O–H groups in total. The monoisotopic (exact) mass is 422 g/mol. The van der Waals surface area contributed by atoms with E-state index in [4.69, 9.17) is 14.8 Å². The number of hydrogen-bond donors (Lipinski definition) is 1. The van der Waals surface area contributed by atoms with Gasteiger partial charge >= 0.3 is 5.97 Å². The standard InChI is InChI=1S/C24H30N4O3/c1-14(2)22(24(30)31-6)26-20(29)13-12-19-15(3)25-23-21(18-10-8-7-9-11-18)16(4)27-28(23)17(19)5/h7-11,14,22H,12-13H2,1-6H3,(H,26,29)/t22-/m0/s1. The third-order valence-corrected chi connectivity index (χ3v) is 5.60. The normalized spacial score (nSPS) is 12.2. The Bertz CT molecular complexity index is 1100. The third-order valence-electron chi connectivity index (χ3n) is 5.60. The van der Waals surface area contributed by atoms with E-state index >= 15 is 0 Å². The minimum Gasteiger partial charge on any atom is -0.467 e. The van der Waals surface area contributed by atoms with E-state index in [2.05, 4.69) is 17.4 Å². The van der Waals surface area contributed by atoms with Crippen molar-refractivity contribution in [1.82, 2.24) is 19.9 Å². The number of hydrogen-bond acceptors (Lipinski definition) is 5.